The van der Waals surface area contributed by atoms with Gasteiger partial charge in [-0.25, -0.2) is 0 Å². The fourth-order valence-electron chi connectivity index (χ4n) is 8.18. The second-order valence-corrected chi connectivity index (χ2v) is 18.1. The fraction of sp³-hybridized carbons (Fsp3) is 0.389. The summed E-state index contributed by atoms with van der Waals surface area (Å²) in [7, 11) is -0.638. The highest BCUT2D eigenvalue weighted by Gasteiger charge is 2.64. The van der Waals surface area contributed by atoms with E-state index in [2.05, 4.69) is 53.8 Å². The molecule has 3 aliphatic heterocycles. The van der Waals surface area contributed by atoms with E-state index in [9.17, 15) is 14.7 Å². The number of benzene rings is 3. The van der Waals surface area contributed by atoms with Crippen molar-refractivity contribution in [2.75, 3.05) is 23.9 Å². The van der Waals surface area contributed by atoms with Gasteiger partial charge in [-0.1, -0.05) is 60.7 Å². The highest BCUT2D eigenvalue weighted by Crippen LogP contribution is 2.59. The number of hydrogen-bond donors (Lipinski definition) is 2. The van der Waals surface area contributed by atoms with E-state index >= 15 is 0 Å². The molecule has 3 aliphatic rings. The third kappa shape index (κ3) is 5.17. The zero-order valence-electron chi connectivity index (χ0n) is 27.3. The molecule has 3 aromatic carbocycles. The van der Waals surface area contributed by atoms with E-state index in [4.69, 9.17) is 9.47 Å². The van der Waals surface area contributed by atoms with Crippen molar-refractivity contribution in [2.24, 2.45) is 5.92 Å². The van der Waals surface area contributed by atoms with Crippen LogP contribution in [0.2, 0.25) is 18.6 Å². The summed E-state index contributed by atoms with van der Waals surface area (Å²) >= 11 is 0. The van der Waals surface area contributed by atoms with Gasteiger partial charge in [0.1, 0.15) is 5.75 Å². The van der Waals surface area contributed by atoms with Gasteiger partial charge >= 0.3 is 0 Å². The lowest BCUT2D eigenvalue weighted by Crippen LogP contribution is -2.51. The van der Waals surface area contributed by atoms with Crippen LogP contribution < -0.4 is 20.1 Å². The van der Waals surface area contributed by atoms with Crippen molar-refractivity contribution in [1.29, 1.82) is 0 Å². The molecule has 1 fully saturated rings. The molecule has 4 atom stereocenters. The Labute approximate surface area is 275 Å². The van der Waals surface area contributed by atoms with Crippen LogP contribution in [0, 0.1) is 5.92 Å². The molecule has 10 nitrogen and oxygen atoms in total. The Hall–Kier alpha value is -4.32. The smallest absolute Gasteiger partial charge is 0.261 e. The first-order valence-corrected chi connectivity index (χ1v) is 19.4. The molecule has 1 aromatic heterocycles. The number of ether oxygens (including phenoxy) is 2. The lowest BCUT2D eigenvalue weighted by Gasteiger charge is -2.37. The summed E-state index contributed by atoms with van der Waals surface area (Å²) in [5.74, 6) is 0.503. The molecular formula is C36H41N5O5Si. The third-order valence-corrected chi connectivity index (χ3v) is 14.9. The largest absolute Gasteiger partial charge is 0.497 e. The number of hydrogen-bond acceptors (Lipinski definition) is 7. The molecule has 2 amide bonds. The maximum absolute atomic E-state index is 14.2. The number of amides is 2. The van der Waals surface area contributed by atoms with Gasteiger partial charge in [-0.05, 0) is 60.3 Å². The van der Waals surface area contributed by atoms with Crippen molar-refractivity contribution in [3.05, 3.63) is 89.7 Å². The predicted octanol–water partition coefficient (Wildman–Crippen LogP) is 4.69. The van der Waals surface area contributed by atoms with Crippen LogP contribution in [0.4, 0.5) is 17.1 Å². The van der Waals surface area contributed by atoms with Crippen LogP contribution in [0.15, 0.2) is 72.9 Å². The number of carbonyl (C=O) groups excluding carboxylic acids is 2. The second-order valence-electron chi connectivity index (χ2n) is 13.4. The highest BCUT2D eigenvalue weighted by molar-refractivity contribution is 6.91. The van der Waals surface area contributed by atoms with Crippen molar-refractivity contribution >= 4 is 42.1 Å². The molecule has 0 aliphatic carbocycles. The minimum Gasteiger partial charge on any atom is -0.497 e. The predicted molar refractivity (Wildman–Crippen MR) is 182 cm³/mol. The number of rotatable bonds is 9. The van der Waals surface area contributed by atoms with Crippen LogP contribution in [0.1, 0.15) is 36.6 Å². The maximum atomic E-state index is 14.2. The van der Waals surface area contributed by atoms with E-state index in [0.29, 0.717) is 32.2 Å². The molecule has 7 rings (SSSR count). The van der Waals surface area contributed by atoms with E-state index in [-0.39, 0.29) is 36.0 Å². The highest BCUT2D eigenvalue weighted by atomic mass is 28.3. The second kappa shape index (κ2) is 12.0. The van der Waals surface area contributed by atoms with Crippen molar-refractivity contribution in [2.45, 2.75) is 69.5 Å². The van der Waals surface area contributed by atoms with E-state index in [0.717, 1.165) is 39.6 Å². The van der Waals surface area contributed by atoms with Gasteiger partial charge in [0.25, 0.3) is 5.91 Å². The van der Waals surface area contributed by atoms with E-state index in [1.165, 1.54) is 5.19 Å². The number of aliphatic hydroxyl groups excluding tert-OH is 1. The maximum Gasteiger partial charge on any atom is 0.261 e. The van der Waals surface area contributed by atoms with Crippen LogP contribution in [-0.2, 0) is 39.3 Å². The van der Waals surface area contributed by atoms with Crippen LogP contribution >= 0.6 is 0 Å². The summed E-state index contributed by atoms with van der Waals surface area (Å²) in [6.07, 6.45) is 3.83. The SMILES string of the molecule is COc1ccc([Si](C)(C)[C@H]2[C@H](CCn3cc(CCO)nn3)O[C@@]3(C(=O)Nc4ccc(N5C(=O)CCc6ccccc65)cc43)[C@@H]2C)cc1. The Morgan fingerprint density at radius 1 is 1.09 bits per heavy atom. The standard InChI is InChI=1S/C36H41N5O5Si/c1-23-34(47(3,4)28-13-11-27(45-2)12-14-28)32(17-19-40-22-25(18-20-42)38-39-40)46-36(23)29-21-26(10-15-30(29)37-35(36)44)41-31-8-6-5-7-24(31)9-16-33(41)43/h5-8,10-15,21-23,32,34,42H,9,16-20H2,1-4H3,(H,37,44)/t23-,32+,34-,36+/m1/s1. The summed E-state index contributed by atoms with van der Waals surface area (Å²) in [4.78, 5) is 29.4. The average molecular weight is 652 g/mol. The molecule has 4 heterocycles. The quantitative estimate of drug-likeness (QED) is 0.252. The number of nitrogens with one attached hydrogen (secondary N) is 1. The molecule has 47 heavy (non-hydrogen) atoms. The first kappa shape index (κ1) is 31.3. The number of methoxy groups -OCH3 is 1. The topological polar surface area (TPSA) is 119 Å². The van der Waals surface area contributed by atoms with Crippen LogP contribution in [0.3, 0.4) is 0 Å². The molecule has 1 spiro atoms. The van der Waals surface area contributed by atoms with Crippen LogP contribution in [-0.4, -0.2) is 59.8 Å². The number of nitrogens with zero attached hydrogens (tertiary/aromatic N) is 4. The van der Waals surface area contributed by atoms with Gasteiger partial charge in [0.2, 0.25) is 5.91 Å². The molecular weight excluding hydrogens is 611 g/mol. The molecule has 244 valence electrons. The summed E-state index contributed by atoms with van der Waals surface area (Å²) < 4.78 is 14.4. The van der Waals surface area contributed by atoms with Gasteiger partial charge in [0.05, 0.1) is 32.7 Å². The Morgan fingerprint density at radius 2 is 1.87 bits per heavy atom. The van der Waals surface area contributed by atoms with Crippen molar-refractivity contribution in [3.8, 4) is 5.75 Å². The summed E-state index contributed by atoms with van der Waals surface area (Å²) in [5, 5.41) is 22.2. The minimum absolute atomic E-state index is 0.0132. The number of fused-ring (bicyclic) bond motifs is 3. The van der Waals surface area contributed by atoms with Gasteiger partial charge in [-0.3, -0.25) is 19.2 Å². The summed E-state index contributed by atoms with van der Waals surface area (Å²) in [5.41, 5.74) is 3.82. The summed E-state index contributed by atoms with van der Waals surface area (Å²) in [6, 6.07) is 22.1. The third-order valence-electron chi connectivity index (χ3n) is 10.5. The number of carbonyl (C=O) groups is 2. The zero-order valence-corrected chi connectivity index (χ0v) is 28.3. The van der Waals surface area contributed by atoms with Crippen molar-refractivity contribution < 1.29 is 24.2 Å². The van der Waals surface area contributed by atoms with Gasteiger partial charge in [0, 0.05) is 55.0 Å². The van der Waals surface area contributed by atoms with Gasteiger partial charge in [0.15, 0.2) is 5.60 Å². The Balaban J connectivity index is 1.29. The number of aromatic nitrogens is 3. The molecule has 0 saturated carbocycles. The lowest BCUT2D eigenvalue weighted by molar-refractivity contribution is -0.143. The number of aliphatic hydroxyl groups is 1. The first-order valence-electron chi connectivity index (χ1n) is 16.4. The van der Waals surface area contributed by atoms with E-state index < -0.39 is 13.7 Å². The van der Waals surface area contributed by atoms with Gasteiger partial charge in [-0.15, -0.1) is 5.10 Å². The van der Waals surface area contributed by atoms with Gasteiger partial charge < -0.3 is 19.9 Å². The molecule has 1 saturated heterocycles. The minimum atomic E-state index is -2.31. The van der Waals surface area contributed by atoms with E-state index in [1.807, 2.05) is 54.7 Å². The Kier molecular flexibility index (Phi) is 8.02. The molecule has 4 aromatic rings. The monoisotopic (exact) mass is 651 g/mol. The lowest BCUT2D eigenvalue weighted by atomic mass is 9.82. The van der Waals surface area contributed by atoms with Crippen molar-refractivity contribution in [1.82, 2.24) is 15.0 Å². The molecule has 0 bridgehead atoms. The fourth-order valence-corrected chi connectivity index (χ4v) is 12.2. The van der Waals surface area contributed by atoms with Gasteiger partial charge in [-0.2, -0.15) is 0 Å². The zero-order chi connectivity index (χ0) is 32.9. The van der Waals surface area contributed by atoms with E-state index in [1.54, 1.807) is 16.7 Å². The Morgan fingerprint density at radius 3 is 2.64 bits per heavy atom. The summed E-state index contributed by atoms with van der Waals surface area (Å²) in [6.45, 7) is 7.43. The van der Waals surface area contributed by atoms with Crippen LogP contribution in [0.25, 0.3) is 0 Å². The van der Waals surface area contributed by atoms with Crippen molar-refractivity contribution in [3.63, 3.8) is 0 Å². The number of anilines is 3. The number of aryl methyl sites for hydroxylation is 2. The molecule has 0 unspecified atom stereocenters. The first-order chi connectivity index (χ1) is 22.7. The Bertz CT molecular complexity index is 1820. The normalized spacial score (nSPS) is 23.6. The molecule has 0 radical (unpaired) electrons. The molecule has 11 heteroatoms. The molecule has 2 N–H and O–H groups in total. The number of para-hydroxylation sites is 1. The van der Waals surface area contributed by atoms with Crippen LogP contribution in [0.5, 0.6) is 5.75 Å². The average Bonchev–Trinajstić information content (AvgIpc) is 3.74.